The first-order valence-electron chi connectivity index (χ1n) is 5.87. The molecule has 0 radical (unpaired) electrons. The van der Waals surface area contributed by atoms with Gasteiger partial charge in [0.15, 0.2) is 0 Å². The lowest BCUT2D eigenvalue weighted by Gasteiger charge is -2.27. The molecule has 0 N–H and O–H groups in total. The molecule has 0 unspecified atom stereocenters. The monoisotopic (exact) mass is 253 g/mol. The van der Waals surface area contributed by atoms with Crippen molar-refractivity contribution >= 4 is 23.2 Å². The summed E-state index contributed by atoms with van der Waals surface area (Å²) in [6.07, 6.45) is 1.19. The molecule has 1 aliphatic rings. The molecule has 0 atom stereocenters. The number of rotatable bonds is 2. The zero-order valence-electron chi connectivity index (χ0n) is 10.1. The molecule has 0 bridgehead atoms. The predicted octanol–water partition coefficient (Wildman–Crippen LogP) is 2.42. The standard InChI is InChI=1S/C12H16ClN3O/c1-8(2)12-14-10(13)7-11(15-12)16-5-3-9(17)4-6-16/h7-8H,3-6H2,1-2H3. The minimum atomic E-state index is 0.249. The number of anilines is 1. The normalized spacial score (nSPS) is 16.7. The van der Waals surface area contributed by atoms with Crippen LogP contribution < -0.4 is 4.90 Å². The molecular formula is C12H16ClN3O. The first-order valence-corrected chi connectivity index (χ1v) is 6.25. The lowest BCUT2D eigenvalue weighted by Crippen LogP contribution is -2.34. The van der Waals surface area contributed by atoms with Crippen LogP contribution in [0.25, 0.3) is 0 Å². The zero-order valence-corrected chi connectivity index (χ0v) is 10.9. The summed E-state index contributed by atoms with van der Waals surface area (Å²) < 4.78 is 0. The van der Waals surface area contributed by atoms with E-state index in [2.05, 4.69) is 14.9 Å². The number of carbonyl (C=O) groups is 1. The van der Waals surface area contributed by atoms with E-state index >= 15 is 0 Å². The van der Waals surface area contributed by atoms with Gasteiger partial charge < -0.3 is 4.90 Å². The van der Waals surface area contributed by atoms with Gasteiger partial charge in [-0.1, -0.05) is 25.4 Å². The molecule has 2 rings (SSSR count). The van der Waals surface area contributed by atoms with Crippen LogP contribution in [0, 0.1) is 0 Å². The Morgan fingerprint density at radius 1 is 1.29 bits per heavy atom. The maximum absolute atomic E-state index is 11.2. The van der Waals surface area contributed by atoms with Gasteiger partial charge in [-0.2, -0.15) is 0 Å². The third-order valence-corrected chi connectivity index (χ3v) is 3.05. The fourth-order valence-corrected chi connectivity index (χ4v) is 2.01. The lowest BCUT2D eigenvalue weighted by molar-refractivity contribution is -0.119. The highest BCUT2D eigenvalue weighted by Crippen LogP contribution is 2.22. The Morgan fingerprint density at radius 3 is 2.53 bits per heavy atom. The first kappa shape index (κ1) is 12.3. The first-order chi connectivity index (χ1) is 8.06. The van der Waals surface area contributed by atoms with Crippen molar-refractivity contribution < 1.29 is 4.79 Å². The summed E-state index contributed by atoms with van der Waals surface area (Å²) in [7, 11) is 0. The molecule has 0 aliphatic carbocycles. The number of hydrogen-bond donors (Lipinski definition) is 0. The van der Waals surface area contributed by atoms with Crippen molar-refractivity contribution in [2.24, 2.45) is 0 Å². The molecule has 5 heteroatoms. The van der Waals surface area contributed by atoms with E-state index in [4.69, 9.17) is 11.6 Å². The Morgan fingerprint density at radius 2 is 1.94 bits per heavy atom. The molecule has 1 aliphatic heterocycles. The molecule has 0 saturated carbocycles. The minimum absolute atomic E-state index is 0.249. The van der Waals surface area contributed by atoms with E-state index in [0.29, 0.717) is 23.8 Å². The third kappa shape index (κ3) is 2.94. The molecule has 4 nitrogen and oxygen atoms in total. The molecule has 0 spiro atoms. The van der Waals surface area contributed by atoms with Gasteiger partial charge in [0, 0.05) is 37.9 Å². The number of carbonyl (C=O) groups excluding carboxylic acids is 1. The van der Waals surface area contributed by atoms with Crippen LogP contribution in [0.5, 0.6) is 0 Å². The SMILES string of the molecule is CC(C)c1nc(Cl)cc(N2CCC(=O)CC2)n1. The Hall–Kier alpha value is -1.16. The Bertz CT molecular complexity index is 424. The van der Waals surface area contributed by atoms with Gasteiger partial charge in [-0.3, -0.25) is 4.79 Å². The number of piperidine rings is 1. The van der Waals surface area contributed by atoms with Crippen LogP contribution >= 0.6 is 11.6 Å². The maximum atomic E-state index is 11.2. The largest absolute Gasteiger partial charge is 0.356 e. The summed E-state index contributed by atoms with van der Waals surface area (Å²) in [5.74, 6) is 2.16. The van der Waals surface area contributed by atoms with Gasteiger partial charge in [-0.15, -0.1) is 0 Å². The predicted molar refractivity (Wildman–Crippen MR) is 67.6 cm³/mol. The molecule has 1 fully saturated rings. The van der Waals surface area contributed by atoms with Gasteiger partial charge in [0.25, 0.3) is 0 Å². The van der Waals surface area contributed by atoms with E-state index in [0.717, 1.165) is 24.7 Å². The molecule has 1 aromatic rings. The van der Waals surface area contributed by atoms with Crippen molar-refractivity contribution in [2.75, 3.05) is 18.0 Å². The van der Waals surface area contributed by atoms with E-state index in [9.17, 15) is 4.79 Å². The Labute approximate surface area is 106 Å². The molecule has 92 valence electrons. The molecule has 17 heavy (non-hydrogen) atoms. The number of ketones is 1. The third-order valence-electron chi connectivity index (χ3n) is 2.86. The van der Waals surface area contributed by atoms with Gasteiger partial charge in [-0.25, -0.2) is 9.97 Å². The fraction of sp³-hybridized carbons (Fsp3) is 0.583. The zero-order chi connectivity index (χ0) is 12.4. The molecule has 1 saturated heterocycles. The summed E-state index contributed by atoms with van der Waals surface area (Å²) in [4.78, 5) is 22.0. The highest BCUT2D eigenvalue weighted by molar-refractivity contribution is 6.29. The molecule has 1 aromatic heterocycles. The summed E-state index contributed by atoms with van der Waals surface area (Å²) in [5.41, 5.74) is 0. The van der Waals surface area contributed by atoms with Crippen LogP contribution in [0.3, 0.4) is 0 Å². The van der Waals surface area contributed by atoms with Gasteiger partial charge >= 0.3 is 0 Å². The van der Waals surface area contributed by atoms with E-state index in [1.807, 2.05) is 13.8 Å². The smallest absolute Gasteiger partial charge is 0.136 e. The average molecular weight is 254 g/mol. The summed E-state index contributed by atoms with van der Waals surface area (Å²) in [6.45, 7) is 5.53. The van der Waals surface area contributed by atoms with Crippen molar-refractivity contribution in [3.8, 4) is 0 Å². The second-order valence-corrected chi connectivity index (χ2v) is 4.97. The van der Waals surface area contributed by atoms with Crippen LogP contribution in [0.2, 0.25) is 5.15 Å². The molecule has 0 amide bonds. The van der Waals surface area contributed by atoms with E-state index in [1.54, 1.807) is 6.07 Å². The van der Waals surface area contributed by atoms with Crippen LogP contribution in [-0.2, 0) is 4.79 Å². The lowest BCUT2D eigenvalue weighted by atomic mass is 10.1. The number of aromatic nitrogens is 2. The number of Topliss-reactive ketones (excluding diaryl/α,β-unsaturated/α-hetero) is 1. The molecule has 0 aromatic carbocycles. The van der Waals surface area contributed by atoms with E-state index in [-0.39, 0.29) is 5.92 Å². The quantitative estimate of drug-likeness (QED) is 0.760. The Balaban J connectivity index is 2.23. The van der Waals surface area contributed by atoms with E-state index in [1.165, 1.54) is 0 Å². The Kier molecular flexibility index (Phi) is 3.62. The number of halogens is 1. The summed E-state index contributed by atoms with van der Waals surface area (Å²) in [5, 5.41) is 0.468. The van der Waals surface area contributed by atoms with Crippen molar-refractivity contribution in [2.45, 2.75) is 32.6 Å². The second kappa shape index (κ2) is 5.00. The molecule has 2 heterocycles. The number of nitrogens with zero attached hydrogens (tertiary/aromatic N) is 3. The fourth-order valence-electron chi connectivity index (χ4n) is 1.83. The van der Waals surface area contributed by atoms with Crippen LogP contribution in [-0.4, -0.2) is 28.8 Å². The minimum Gasteiger partial charge on any atom is -0.356 e. The van der Waals surface area contributed by atoms with Gasteiger partial charge in [0.05, 0.1) is 0 Å². The number of hydrogen-bond acceptors (Lipinski definition) is 4. The highest BCUT2D eigenvalue weighted by Gasteiger charge is 2.19. The van der Waals surface area contributed by atoms with Crippen molar-refractivity contribution in [3.05, 3.63) is 17.0 Å². The van der Waals surface area contributed by atoms with Crippen LogP contribution in [0.4, 0.5) is 5.82 Å². The van der Waals surface area contributed by atoms with Crippen LogP contribution in [0.15, 0.2) is 6.07 Å². The maximum Gasteiger partial charge on any atom is 0.136 e. The van der Waals surface area contributed by atoms with E-state index < -0.39 is 0 Å². The average Bonchev–Trinajstić information content (AvgIpc) is 2.29. The topological polar surface area (TPSA) is 46.1 Å². The van der Waals surface area contributed by atoms with Gasteiger partial charge in [0.2, 0.25) is 0 Å². The second-order valence-electron chi connectivity index (χ2n) is 4.59. The summed E-state index contributed by atoms with van der Waals surface area (Å²) in [6, 6.07) is 1.77. The van der Waals surface area contributed by atoms with Gasteiger partial charge in [-0.05, 0) is 0 Å². The van der Waals surface area contributed by atoms with Gasteiger partial charge in [0.1, 0.15) is 22.6 Å². The van der Waals surface area contributed by atoms with Crippen molar-refractivity contribution in [1.82, 2.24) is 9.97 Å². The van der Waals surface area contributed by atoms with Crippen LogP contribution in [0.1, 0.15) is 38.4 Å². The van der Waals surface area contributed by atoms with Crippen molar-refractivity contribution in [3.63, 3.8) is 0 Å². The molecular weight excluding hydrogens is 238 g/mol. The van der Waals surface area contributed by atoms with Crippen molar-refractivity contribution in [1.29, 1.82) is 0 Å². The summed E-state index contributed by atoms with van der Waals surface area (Å²) >= 11 is 6.00. The highest BCUT2D eigenvalue weighted by atomic mass is 35.5.